The van der Waals surface area contributed by atoms with Gasteiger partial charge in [0.25, 0.3) is 5.91 Å². The Kier molecular flexibility index (Phi) is 4.58. The number of benzene rings is 1. The van der Waals surface area contributed by atoms with Gasteiger partial charge in [-0.3, -0.25) is 4.79 Å². The van der Waals surface area contributed by atoms with Crippen LogP contribution in [-0.2, 0) is 0 Å². The molecule has 0 bridgehead atoms. The minimum atomic E-state index is -0.114. The molecule has 0 aliphatic rings. The molecule has 1 aromatic carbocycles. The summed E-state index contributed by atoms with van der Waals surface area (Å²) in [6.45, 7) is 1.35. The Morgan fingerprint density at radius 2 is 2.25 bits per heavy atom. The quantitative estimate of drug-likeness (QED) is 0.838. The number of halogens is 1. The molecule has 1 rings (SSSR count). The van der Waals surface area contributed by atoms with Crippen molar-refractivity contribution < 1.29 is 9.90 Å². The zero-order chi connectivity index (χ0) is 12.1. The maximum absolute atomic E-state index is 11.9. The van der Waals surface area contributed by atoms with Crippen LogP contribution in [0.25, 0.3) is 0 Å². The standard InChI is InChI=1S/C11H15ClN2O2/c1-13-5-6-14(2)11(16)8-3-4-10(15)9(12)7-8/h3-4,7,13,15H,5-6H2,1-2H3. The summed E-state index contributed by atoms with van der Waals surface area (Å²) in [5.74, 6) is -0.131. The minimum absolute atomic E-state index is 0.0175. The van der Waals surface area contributed by atoms with Crippen molar-refractivity contribution in [3.05, 3.63) is 28.8 Å². The van der Waals surface area contributed by atoms with E-state index in [4.69, 9.17) is 11.6 Å². The summed E-state index contributed by atoms with van der Waals surface area (Å²) >= 11 is 5.73. The van der Waals surface area contributed by atoms with E-state index < -0.39 is 0 Å². The molecule has 2 N–H and O–H groups in total. The highest BCUT2D eigenvalue weighted by atomic mass is 35.5. The van der Waals surface area contributed by atoms with Crippen LogP contribution >= 0.6 is 11.6 Å². The first-order valence-corrected chi connectivity index (χ1v) is 5.32. The topological polar surface area (TPSA) is 52.6 Å². The highest BCUT2D eigenvalue weighted by molar-refractivity contribution is 6.32. The number of nitrogens with one attached hydrogen (secondary N) is 1. The molecule has 0 aromatic heterocycles. The Morgan fingerprint density at radius 1 is 1.56 bits per heavy atom. The predicted octanol–water partition coefficient (Wildman–Crippen LogP) is 1.34. The van der Waals surface area contributed by atoms with Crippen molar-refractivity contribution in [3.63, 3.8) is 0 Å². The molecule has 4 nitrogen and oxygen atoms in total. The van der Waals surface area contributed by atoms with Gasteiger partial charge in [0.1, 0.15) is 5.75 Å². The number of rotatable bonds is 4. The van der Waals surface area contributed by atoms with E-state index in [2.05, 4.69) is 5.32 Å². The van der Waals surface area contributed by atoms with E-state index in [-0.39, 0.29) is 16.7 Å². The zero-order valence-corrected chi connectivity index (χ0v) is 10.1. The van der Waals surface area contributed by atoms with E-state index >= 15 is 0 Å². The maximum Gasteiger partial charge on any atom is 0.253 e. The van der Waals surface area contributed by atoms with Crippen LogP contribution in [0, 0.1) is 0 Å². The molecule has 0 fully saturated rings. The van der Waals surface area contributed by atoms with Crippen molar-refractivity contribution in [2.24, 2.45) is 0 Å². The Bertz CT molecular complexity index is 382. The lowest BCUT2D eigenvalue weighted by molar-refractivity contribution is 0.0797. The van der Waals surface area contributed by atoms with E-state index in [1.165, 1.54) is 12.1 Å². The van der Waals surface area contributed by atoms with Gasteiger partial charge in [-0.2, -0.15) is 0 Å². The third-order valence-corrected chi connectivity index (χ3v) is 2.54. The Labute approximate surface area is 99.8 Å². The van der Waals surface area contributed by atoms with Crippen molar-refractivity contribution in [2.45, 2.75) is 0 Å². The number of carbonyl (C=O) groups excluding carboxylic acids is 1. The third kappa shape index (κ3) is 3.12. The van der Waals surface area contributed by atoms with Gasteiger partial charge in [0.15, 0.2) is 0 Å². The van der Waals surface area contributed by atoms with Gasteiger partial charge in [0.05, 0.1) is 5.02 Å². The van der Waals surface area contributed by atoms with Gasteiger partial charge >= 0.3 is 0 Å². The van der Waals surface area contributed by atoms with E-state index in [1.54, 1.807) is 18.0 Å². The predicted molar refractivity (Wildman–Crippen MR) is 64.0 cm³/mol. The molecule has 0 unspecified atom stereocenters. The largest absolute Gasteiger partial charge is 0.506 e. The number of aromatic hydroxyl groups is 1. The monoisotopic (exact) mass is 242 g/mol. The normalized spacial score (nSPS) is 10.2. The Balaban J connectivity index is 2.76. The van der Waals surface area contributed by atoms with Crippen LogP contribution in [0.5, 0.6) is 5.75 Å². The van der Waals surface area contributed by atoms with Crippen LogP contribution in [0.3, 0.4) is 0 Å². The van der Waals surface area contributed by atoms with Crippen LogP contribution < -0.4 is 5.32 Å². The molecule has 0 saturated carbocycles. The van der Waals surface area contributed by atoms with Crippen molar-refractivity contribution in [1.82, 2.24) is 10.2 Å². The van der Waals surface area contributed by atoms with Crippen molar-refractivity contribution in [3.8, 4) is 5.75 Å². The minimum Gasteiger partial charge on any atom is -0.506 e. The first-order valence-electron chi connectivity index (χ1n) is 4.95. The molecule has 1 aromatic rings. The molecule has 5 heteroatoms. The summed E-state index contributed by atoms with van der Waals surface area (Å²) in [6, 6.07) is 4.44. The molecule has 0 spiro atoms. The molecular formula is C11H15ClN2O2. The molecule has 0 aliphatic carbocycles. The second-order valence-corrected chi connectivity index (χ2v) is 3.90. The molecule has 0 heterocycles. The van der Waals surface area contributed by atoms with Gasteiger partial charge in [-0.25, -0.2) is 0 Å². The average molecular weight is 243 g/mol. The second-order valence-electron chi connectivity index (χ2n) is 3.50. The summed E-state index contributed by atoms with van der Waals surface area (Å²) in [5, 5.41) is 12.4. The number of likely N-dealkylation sites (N-methyl/N-ethyl adjacent to an activating group) is 2. The summed E-state index contributed by atoms with van der Waals surface area (Å²) in [6.07, 6.45) is 0. The van der Waals surface area contributed by atoms with Crippen LogP contribution in [-0.4, -0.2) is 43.1 Å². The van der Waals surface area contributed by atoms with Crippen molar-refractivity contribution in [1.29, 1.82) is 0 Å². The van der Waals surface area contributed by atoms with Gasteiger partial charge in [0.2, 0.25) is 0 Å². The molecule has 88 valence electrons. The van der Waals surface area contributed by atoms with Crippen LogP contribution in [0.1, 0.15) is 10.4 Å². The highest BCUT2D eigenvalue weighted by Gasteiger charge is 2.12. The fourth-order valence-corrected chi connectivity index (χ4v) is 1.42. The van der Waals surface area contributed by atoms with E-state index in [1.807, 2.05) is 7.05 Å². The van der Waals surface area contributed by atoms with Crippen LogP contribution in [0.2, 0.25) is 5.02 Å². The summed E-state index contributed by atoms with van der Waals surface area (Å²) in [5.41, 5.74) is 0.474. The number of phenolic OH excluding ortho intramolecular Hbond substituents is 1. The smallest absolute Gasteiger partial charge is 0.253 e. The molecule has 1 amide bonds. The summed E-state index contributed by atoms with van der Waals surface area (Å²) in [7, 11) is 3.55. The number of amides is 1. The van der Waals surface area contributed by atoms with E-state index in [0.29, 0.717) is 12.1 Å². The molecule has 0 saturated heterocycles. The van der Waals surface area contributed by atoms with Crippen molar-refractivity contribution in [2.75, 3.05) is 27.2 Å². The fraction of sp³-hybridized carbons (Fsp3) is 0.364. The first-order chi connectivity index (χ1) is 7.56. The number of hydrogen-bond acceptors (Lipinski definition) is 3. The Hall–Kier alpha value is -1.26. The van der Waals surface area contributed by atoms with Crippen LogP contribution in [0.4, 0.5) is 0 Å². The maximum atomic E-state index is 11.9. The lowest BCUT2D eigenvalue weighted by Gasteiger charge is -2.17. The second kappa shape index (κ2) is 5.72. The van der Waals surface area contributed by atoms with Gasteiger partial charge in [-0.1, -0.05) is 11.6 Å². The van der Waals surface area contributed by atoms with Gasteiger partial charge in [-0.15, -0.1) is 0 Å². The van der Waals surface area contributed by atoms with E-state index in [9.17, 15) is 9.90 Å². The molecular weight excluding hydrogens is 228 g/mol. The number of phenols is 1. The van der Waals surface area contributed by atoms with Crippen LogP contribution in [0.15, 0.2) is 18.2 Å². The highest BCUT2D eigenvalue weighted by Crippen LogP contribution is 2.23. The summed E-state index contributed by atoms with van der Waals surface area (Å²) in [4.78, 5) is 13.5. The van der Waals surface area contributed by atoms with Gasteiger partial charge < -0.3 is 15.3 Å². The number of nitrogens with zero attached hydrogens (tertiary/aromatic N) is 1. The Morgan fingerprint density at radius 3 is 2.81 bits per heavy atom. The third-order valence-electron chi connectivity index (χ3n) is 2.24. The average Bonchev–Trinajstić information content (AvgIpc) is 2.28. The van der Waals surface area contributed by atoms with Gasteiger partial charge in [-0.05, 0) is 25.2 Å². The molecule has 0 aliphatic heterocycles. The SMILES string of the molecule is CNCCN(C)C(=O)c1ccc(O)c(Cl)c1. The summed E-state index contributed by atoms with van der Waals surface area (Å²) < 4.78 is 0. The number of carbonyl (C=O) groups is 1. The molecule has 0 radical (unpaired) electrons. The number of hydrogen-bond donors (Lipinski definition) is 2. The fourth-order valence-electron chi connectivity index (χ4n) is 1.24. The van der Waals surface area contributed by atoms with Crippen molar-refractivity contribution >= 4 is 17.5 Å². The molecule has 0 atom stereocenters. The molecule has 16 heavy (non-hydrogen) atoms. The zero-order valence-electron chi connectivity index (χ0n) is 9.33. The lowest BCUT2D eigenvalue weighted by Crippen LogP contribution is -2.32. The van der Waals surface area contributed by atoms with Gasteiger partial charge in [0, 0.05) is 25.7 Å². The lowest BCUT2D eigenvalue weighted by atomic mass is 10.2. The van der Waals surface area contributed by atoms with E-state index in [0.717, 1.165) is 6.54 Å². The first kappa shape index (κ1) is 12.8.